The van der Waals surface area contributed by atoms with Gasteiger partial charge in [0.15, 0.2) is 9.92 Å². The minimum atomic E-state index is -3.47. The predicted molar refractivity (Wildman–Crippen MR) is 107 cm³/mol. The van der Waals surface area contributed by atoms with E-state index in [-0.39, 0.29) is 10.8 Å². The number of nitrogens with one attached hydrogen (secondary N) is 1. The van der Waals surface area contributed by atoms with Crippen LogP contribution in [-0.2, 0) is 29.3 Å². The van der Waals surface area contributed by atoms with Gasteiger partial charge < -0.3 is 10.1 Å². The average Bonchev–Trinajstić information content (AvgIpc) is 3.28. The third-order valence-corrected chi connectivity index (χ3v) is 6.56. The number of benzene rings is 1. The fourth-order valence-electron chi connectivity index (χ4n) is 3.86. The van der Waals surface area contributed by atoms with Crippen molar-refractivity contribution >= 4 is 21.6 Å². The normalized spacial score (nSPS) is 17.4. The van der Waals surface area contributed by atoms with Crippen LogP contribution in [-0.4, -0.2) is 26.6 Å². The van der Waals surface area contributed by atoms with Gasteiger partial charge in [-0.3, -0.25) is 0 Å². The summed E-state index contributed by atoms with van der Waals surface area (Å²) < 4.78 is 23.9. The van der Waals surface area contributed by atoms with E-state index in [4.69, 9.17) is 9.88 Å². The van der Waals surface area contributed by atoms with Crippen molar-refractivity contribution < 1.29 is 13.7 Å². The van der Waals surface area contributed by atoms with Crippen LogP contribution < -0.4 is 15.2 Å². The van der Waals surface area contributed by atoms with Crippen LogP contribution in [0.25, 0.3) is 0 Å². The number of nitrogens with two attached hydrogens (primary N) is 1. The molecule has 1 aliphatic heterocycles. The molecular weight excluding hydrogens is 378 g/mol. The van der Waals surface area contributed by atoms with E-state index in [0.29, 0.717) is 19.0 Å². The lowest BCUT2D eigenvalue weighted by Crippen LogP contribution is -2.21. The van der Waals surface area contributed by atoms with E-state index in [0.717, 1.165) is 42.5 Å². The monoisotopic (exact) mass is 403 g/mol. The molecule has 2 heterocycles. The van der Waals surface area contributed by atoms with Crippen LogP contribution in [0.5, 0.6) is 5.88 Å². The summed E-state index contributed by atoms with van der Waals surface area (Å²) in [5.41, 5.74) is 4.21. The Labute approximate surface area is 164 Å². The number of fused-ring (bicyclic) bond motifs is 2. The molecule has 0 saturated carbocycles. The van der Waals surface area contributed by atoms with Crippen molar-refractivity contribution in [3.05, 3.63) is 35.0 Å². The quantitative estimate of drug-likeness (QED) is 0.819. The number of nitrogens with zero attached hydrogens (tertiary/aromatic N) is 3. The molecule has 8 nitrogen and oxygen atoms in total. The minimum absolute atomic E-state index is 0.157. The maximum atomic E-state index is 13.0. The summed E-state index contributed by atoms with van der Waals surface area (Å²) in [4.78, 5) is 12.8. The molecule has 2 aliphatic rings. The molecule has 0 bridgehead atoms. The molecule has 1 aromatic carbocycles. The van der Waals surface area contributed by atoms with E-state index in [1.54, 1.807) is 4.68 Å². The highest BCUT2D eigenvalue weighted by molar-refractivity contribution is 7.91. The number of aryl methyl sites for hydroxylation is 2. The molecule has 2 aromatic rings. The Kier molecular flexibility index (Phi) is 4.88. The summed E-state index contributed by atoms with van der Waals surface area (Å²) in [6.45, 7) is 5.30. The molecule has 1 atom stereocenters. The number of anilines is 1. The van der Waals surface area contributed by atoms with Gasteiger partial charge in [-0.15, -0.1) is 4.36 Å². The number of ether oxygens (including phenoxy) is 1. The Morgan fingerprint density at radius 2 is 2.18 bits per heavy atom. The van der Waals surface area contributed by atoms with Gasteiger partial charge in [0.25, 0.3) is 0 Å². The summed E-state index contributed by atoms with van der Waals surface area (Å²) in [7, 11) is -3.47. The van der Waals surface area contributed by atoms with Gasteiger partial charge in [0.05, 0.1) is 12.8 Å². The molecule has 1 aliphatic carbocycles. The first-order valence-corrected chi connectivity index (χ1v) is 11.1. The fourth-order valence-corrected chi connectivity index (χ4v) is 4.86. The first kappa shape index (κ1) is 18.9. The maximum absolute atomic E-state index is 13.0. The van der Waals surface area contributed by atoms with Gasteiger partial charge in [0, 0.05) is 18.7 Å². The van der Waals surface area contributed by atoms with E-state index in [1.165, 1.54) is 11.8 Å². The van der Waals surface area contributed by atoms with E-state index >= 15 is 0 Å². The van der Waals surface area contributed by atoms with Crippen molar-refractivity contribution in [2.45, 2.75) is 56.9 Å². The summed E-state index contributed by atoms with van der Waals surface area (Å²) in [6.07, 6.45) is 5.16. The number of hydrogen-bond donors (Lipinski definition) is 2. The molecular formula is C19H25N5O3S. The van der Waals surface area contributed by atoms with Gasteiger partial charge in [-0.25, -0.2) is 18.8 Å². The molecule has 2 amide bonds. The zero-order valence-corrected chi connectivity index (χ0v) is 16.9. The van der Waals surface area contributed by atoms with Crippen LogP contribution in [0.2, 0.25) is 0 Å². The molecule has 0 spiro atoms. The van der Waals surface area contributed by atoms with E-state index in [9.17, 15) is 9.00 Å². The molecule has 1 aromatic heterocycles. The van der Waals surface area contributed by atoms with Gasteiger partial charge in [-0.1, -0.05) is 26.0 Å². The van der Waals surface area contributed by atoms with Crippen molar-refractivity contribution in [1.82, 2.24) is 9.78 Å². The lowest BCUT2D eigenvalue weighted by molar-refractivity contribution is 0.224. The topological polar surface area (TPSA) is 112 Å². The van der Waals surface area contributed by atoms with Crippen molar-refractivity contribution in [3.63, 3.8) is 0 Å². The zero-order chi connectivity index (χ0) is 19.9. The smallest absolute Gasteiger partial charge is 0.354 e. The second-order valence-electron chi connectivity index (χ2n) is 7.50. The number of rotatable bonds is 3. The number of aromatic nitrogens is 2. The maximum Gasteiger partial charge on any atom is 0.354 e. The minimum Gasteiger partial charge on any atom is -0.477 e. The Morgan fingerprint density at radius 1 is 1.36 bits per heavy atom. The average molecular weight is 404 g/mol. The summed E-state index contributed by atoms with van der Waals surface area (Å²) in [6, 6.07) is 3.46. The van der Waals surface area contributed by atoms with Crippen molar-refractivity contribution in [1.29, 1.82) is 0 Å². The Morgan fingerprint density at radius 3 is 2.96 bits per heavy atom. The van der Waals surface area contributed by atoms with Crippen LogP contribution in [0.3, 0.4) is 0 Å². The summed E-state index contributed by atoms with van der Waals surface area (Å²) >= 11 is 0. The molecule has 150 valence electrons. The van der Waals surface area contributed by atoms with Gasteiger partial charge in [0.1, 0.15) is 4.90 Å². The number of carbonyl (C=O) groups is 1. The van der Waals surface area contributed by atoms with E-state index in [2.05, 4.69) is 34.7 Å². The first-order chi connectivity index (χ1) is 13.4. The van der Waals surface area contributed by atoms with Gasteiger partial charge in [-0.2, -0.15) is 5.10 Å². The Balaban J connectivity index is 1.67. The number of urea groups is 1. The van der Waals surface area contributed by atoms with E-state index < -0.39 is 15.9 Å². The molecule has 3 N–H and O–H groups in total. The number of hydrogen-bond acceptors (Lipinski definition) is 4. The van der Waals surface area contributed by atoms with Gasteiger partial charge in [-0.05, 0) is 41.9 Å². The highest BCUT2D eigenvalue weighted by Crippen LogP contribution is 2.35. The Bertz CT molecular complexity index is 1050. The number of carbonyl (C=O) groups excluding carboxylic acids is 1. The standard InChI is InChI=1S/C19H25N5O3S/c1-12(2)14-8-7-13-5-3-6-15(13)17(14)22-19(25)23-28(20,26)16-11-21-24-9-4-10-27-18(16)24/h7-8,11-12H,3-6,9-10H2,1-2H3,(H3,20,22,23,25,26)/t28-/m1/s1. The van der Waals surface area contributed by atoms with Crippen LogP contribution in [0.15, 0.2) is 27.6 Å². The molecule has 0 saturated heterocycles. The highest BCUT2D eigenvalue weighted by atomic mass is 32.2. The van der Waals surface area contributed by atoms with E-state index in [1.807, 2.05) is 6.07 Å². The SMILES string of the molecule is CC(C)c1ccc2c(c1NC(=O)N=[S@@](N)(=O)c1cnn3c1OCCC3)CCC2. The van der Waals surface area contributed by atoms with Crippen LogP contribution in [0, 0.1) is 0 Å². The third-order valence-electron chi connectivity index (χ3n) is 5.22. The third kappa shape index (κ3) is 3.40. The predicted octanol–water partition coefficient (Wildman–Crippen LogP) is 3.21. The summed E-state index contributed by atoms with van der Waals surface area (Å²) in [5.74, 6) is 0.568. The van der Waals surface area contributed by atoms with Gasteiger partial charge >= 0.3 is 6.03 Å². The number of amides is 2. The molecule has 28 heavy (non-hydrogen) atoms. The second-order valence-corrected chi connectivity index (χ2v) is 9.26. The molecule has 0 fully saturated rings. The molecule has 4 rings (SSSR count). The largest absolute Gasteiger partial charge is 0.477 e. The van der Waals surface area contributed by atoms with Crippen LogP contribution in [0.4, 0.5) is 10.5 Å². The lowest BCUT2D eigenvalue weighted by Gasteiger charge is -2.18. The van der Waals surface area contributed by atoms with Crippen molar-refractivity contribution in [3.8, 4) is 5.88 Å². The van der Waals surface area contributed by atoms with Crippen molar-refractivity contribution in [2.75, 3.05) is 11.9 Å². The Hall–Kier alpha value is -2.39. The molecule has 0 radical (unpaired) electrons. The summed E-state index contributed by atoms with van der Waals surface area (Å²) in [5, 5.41) is 12.9. The lowest BCUT2D eigenvalue weighted by atomic mass is 9.95. The van der Waals surface area contributed by atoms with Crippen molar-refractivity contribution in [2.24, 2.45) is 9.50 Å². The van der Waals surface area contributed by atoms with Crippen LogP contribution >= 0.6 is 0 Å². The fraction of sp³-hybridized carbons (Fsp3) is 0.474. The zero-order valence-electron chi connectivity index (χ0n) is 16.1. The second kappa shape index (κ2) is 7.21. The molecule has 0 unspecified atom stereocenters. The first-order valence-electron chi connectivity index (χ1n) is 9.56. The van der Waals surface area contributed by atoms with Crippen LogP contribution in [0.1, 0.15) is 49.3 Å². The molecule has 9 heteroatoms. The highest BCUT2D eigenvalue weighted by Gasteiger charge is 2.25. The van der Waals surface area contributed by atoms with Gasteiger partial charge in [0.2, 0.25) is 5.88 Å².